The quantitative estimate of drug-likeness (QED) is 0.525. The lowest BCUT2D eigenvalue weighted by molar-refractivity contribution is 0.0951. The summed E-state index contributed by atoms with van der Waals surface area (Å²) in [5.41, 5.74) is 4.54. The van der Waals surface area contributed by atoms with E-state index in [1.54, 1.807) is 24.4 Å². The molecule has 30 heavy (non-hydrogen) atoms. The molecule has 1 heterocycles. The second-order valence-electron chi connectivity index (χ2n) is 7.45. The first-order chi connectivity index (χ1) is 14.5. The number of aromatic nitrogens is 2. The number of fused-ring (bicyclic) bond motifs is 1. The van der Waals surface area contributed by atoms with Gasteiger partial charge in [-0.15, -0.1) is 0 Å². The summed E-state index contributed by atoms with van der Waals surface area (Å²) in [6.07, 6.45) is 1.77. The van der Waals surface area contributed by atoms with Gasteiger partial charge in [-0.05, 0) is 47.5 Å². The number of nitrogens with zero attached hydrogens (tertiary/aromatic N) is 3. The zero-order chi connectivity index (χ0) is 21.1. The van der Waals surface area contributed by atoms with E-state index in [4.69, 9.17) is 0 Å². The van der Waals surface area contributed by atoms with E-state index < -0.39 is 0 Å². The first-order valence-electron chi connectivity index (χ1n) is 9.74. The van der Waals surface area contributed by atoms with Gasteiger partial charge < -0.3 is 10.2 Å². The Morgan fingerprint density at radius 1 is 1.00 bits per heavy atom. The van der Waals surface area contributed by atoms with E-state index in [2.05, 4.69) is 10.4 Å². The summed E-state index contributed by atoms with van der Waals surface area (Å²) in [4.78, 5) is 14.7. The van der Waals surface area contributed by atoms with Gasteiger partial charge in [-0.3, -0.25) is 9.48 Å². The Balaban J connectivity index is 1.48. The van der Waals surface area contributed by atoms with Crippen LogP contribution < -0.4 is 10.2 Å². The number of hydrogen-bond acceptors (Lipinski definition) is 3. The monoisotopic (exact) mass is 402 g/mol. The maximum atomic E-state index is 13.1. The van der Waals surface area contributed by atoms with E-state index in [1.165, 1.54) is 12.1 Å². The zero-order valence-electron chi connectivity index (χ0n) is 17.0. The largest absolute Gasteiger partial charge is 0.378 e. The molecule has 0 aliphatic heterocycles. The van der Waals surface area contributed by atoms with Gasteiger partial charge in [0.2, 0.25) is 0 Å². The lowest BCUT2D eigenvalue weighted by atomic mass is 10.1. The highest BCUT2D eigenvalue weighted by Gasteiger charge is 2.10. The Bertz CT molecular complexity index is 1160. The summed E-state index contributed by atoms with van der Waals surface area (Å²) >= 11 is 0. The maximum absolute atomic E-state index is 13.1. The molecular formula is C24H23FN4O. The number of nitrogens with one attached hydrogen (secondary N) is 1. The predicted molar refractivity (Wildman–Crippen MR) is 117 cm³/mol. The Kier molecular flexibility index (Phi) is 5.48. The lowest BCUT2D eigenvalue weighted by Crippen LogP contribution is -2.22. The third-order valence-corrected chi connectivity index (χ3v) is 5.06. The van der Waals surface area contributed by atoms with Crippen molar-refractivity contribution >= 4 is 22.5 Å². The first-order valence-corrected chi connectivity index (χ1v) is 9.74. The Labute approximate surface area is 174 Å². The van der Waals surface area contributed by atoms with E-state index in [0.717, 1.165) is 27.7 Å². The molecule has 0 radical (unpaired) electrons. The molecule has 1 amide bonds. The highest BCUT2D eigenvalue weighted by molar-refractivity contribution is 5.97. The van der Waals surface area contributed by atoms with Crippen molar-refractivity contribution in [3.05, 3.63) is 95.4 Å². The molecule has 0 atom stereocenters. The predicted octanol–water partition coefficient (Wildman–Crippen LogP) is 4.22. The molecule has 1 N–H and O–H groups in total. The second-order valence-corrected chi connectivity index (χ2v) is 7.45. The summed E-state index contributed by atoms with van der Waals surface area (Å²) in [6.45, 7) is 0.965. The summed E-state index contributed by atoms with van der Waals surface area (Å²) in [6, 6.07) is 20.0. The van der Waals surface area contributed by atoms with Crippen LogP contribution in [0.25, 0.3) is 10.9 Å². The Morgan fingerprint density at radius 3 is 2.40 bits per heavy atom. The molecule has 4 rings (SSSR count). The van der Waals surface area contributed by atoms with E-state index in [-0.39, 0.29) is 11.7 Å². The van der Waals surface area contributed by atoms with Gasteiger partial charge >= 0.3 is 0 Å². The van der Waals surface area contributed by atoms with Crippen LogP contribution in [0.4, 0.5) is 10.1 Å². The van der Waals surface area contributed by atoms with Crippen LogP contribution in [-0.4, -0.2) is 29.8 Å². The number of halogens is 1. The Hall–Kier alpha value is -3.67. The molecule has 3 aromatic carbocycles. The van der Waals surface area contributed by atoms with Crippen LogP contribution in [0.15, 0.2) is 72.9 Å². The molecule has 0 spiro atoms. The number of benzene rings is 3. The highest BCUT2D eigenvalue weighted by Crippen LogP contribution is 2.18. The fourth-order valence-corrected chi connectivity index (χ4v) is 3.30. The average molecular weight is 402 g/mol. The molecule has 0 bridgehead atoms. The number of hydrogen-bond donors (Lipinski definition) is 1. The summed E-state index contributed by atoms with van der Waals surface area (Å²) in [5.74, 6) is -0.400. The standard InChI is InChI=1S/C24H23FN4O/c1-28(2)22-11-5-17(6-12-22)14-26-24(30)19-7-8-20-15-27-29(23(20)13-19)16-18-3-9-21(25)10-4-18/h3-13,15H,14,16H2,1-2H3,(H,26,30). The van der Waals surface area contributed by atoms with Crippen LogP contribution >= 0.6 is 0 Å². The third-order valence-electron chi connectivity index (χ3n) is 5.06. The molecular weight excluding hydrogens is 379 g/mol. The summed E-state index contributed by atoms with van der Waals surface area (Å²) in [7, 11) is 3.99. The number of carbonyl (C=O) groups excluding carboxylic acids is 1. The van der Waals surface area contributed by atoms with Crippen molar-refractivity contribution in [2.24, 2.45) is 0 Å². The number of amides is 1. The van der Waals surface area contributed by atoms with E-state index in [0.29, 0.717) is 18.7 Å². The van der Waals surface area contributed by atoms with Crippen LogP contribution in [-0.2, 0) is 13.1 Å². The number of anilines is 1. The van der Waals surface area contributed by atoms with Crippen molar-refractivity contribution < 1.29 is 9.18 Å². The Morgan fingerprint density at radius 2 is 1.70 bits per heavy atom. The van der Waals surface area contributed by atoms with Crippen LogP contribution in [0.5, 0.6) is 0 Å². The summed E-state index contributed by atoms with van der Waals surface area (Å²) in [5, 5.41) is 8.34. The molecule has 152 valence electrons. The molecule has 0 aliphatic rings. The summed E-state index contributed by atoms with van der Waals surface area (Å²) < 4.78 is 15.0. The van der Waals surface area contributed by atoms with Crippen molar-refractivity contribution in [3.8, 4) is 0 Å². The van der Waals surface area contributed by atoms with Gasteiger partial charge in [0.1, 0.15) is 5.82 Å². The van der Waals surface area contributed by atoms with Gasteiger partial charge in [-0.1, -0.05) is 30.3 Å². The SMILES string of the molecule is CN(C)c1ccc(CNC(=O)c2ccc3cnn(Cc4ccc(F)cc4)c3c2)cc1. The molecule has 0 aliphatic carbocycles. The molecule has 1 aromatic heterocycles. The van der Waals surface area contributed by atoms with Crippen molar-refractivity contribution in [1.82, 2.24) is 15.1 Å². The molecule has 0 saturated carbocycles. The van der Waals surface area contributed by atoms with Gasteiger partial charge in [0, 0.05) is 37.3 Å². The minimum atomic E-state index is -0.264. The third kappa shape index (κ3) is 4.33. The van der Waals surface area contributed by atoms with E-state index in [9.17, 15) is 9.18 Å². The number of carbonyl (C=O) groups is 1. The van der Waals surface area contributed by atoms with Gasteiger partial charge in [0.25, 0.3) is 5.91 Å². The highest BCUT2D eigenvalue weighted by atomic mass is 19.1. The topological polar surface area (TPSA) is 50.2 Å². The van der Waals surface area contributed by atoms with Crippen molar-refractivity contribution in [2.45, 2.75) is 13.1 Å². The molecule has 5 nitrogen and oxygen atoms in total. The fourth-order valence-electron chi connectivity index (χ4n) is 3.30. The van der Waals surface area contributed by atoms with E-state index in [1.807, 2.05) is 60.1 Å². The molecule has 0 saturated heterocycles. The average Bonchev–Trinajstić information content (AvgIpc) is 3.16. The van der Waals surface area contributed by atoms with Gasteiger partial charge in [0.15, 0.2) is 0 Å². The van der Waals surface area contributed by atoms with Crippen LogP contribution in [0.1, 0.15) is 21.5 Å². The van der Waals surface area contributed by atoms with Crippen LogP contribution in [0.3, 0.4) is 0 Å². The minimum absolute atomic E-state index is 0.136. The zero-order valence-corrected chi connectivity index (χ0v) is 17.0. The van der Waals surface area contributed by atoms with Crippen molar-refractivity contribution in [3.63, 3.8) is 0 Å². The molecule has 4 aromatic rings. The maximum Gasteiger partial charge on any atom is 0.251 e. The van der Waals surface area contributed by atoms with Gasteiger partial charge in [-0.25, -0.2) is 4.39 Å². The normalized spacial score (nSPS) is 10.9. The van der Waals surface area contributed by atoms with Gasteiger partial charge in [-0.2, -0.15) is 5.10 Å². The second kappa shape index (κ2) is 8.37. The minimum Gasteiger partial charge on any atom is -0.378 e. The number of rotatable bonds is 6. The van der Waals surface area contributed by atoms with Crippen molar-refractivity contribution in [1.29, 1.82) is 0 Å². The lowest BCUT2D eigenvalue weighted by Gasteiger charge is -2.13. The molecule has 6 heteroatoms. The molecule has 0 unspecified atom stereocenters. The molecule has 0 fully saturated rings. The smallest absolute Gasteiger partial charge is 0.251 e. The van der Waals surface area contributed by atoms with Crippen LogP contribution in [0, 0.1) is 5.82 Å². The fraction of sp³-hybridized carbons (Fsp3) is 0.167. The van der Waals surface area contributed by atoms with Crippen molar-refractivity contribution in [2.75, 3.05) is 19.0 Å². The van der Waals surface area contributed by atoms with E-state index >= 15 is 0 Å². The van der Waals surface area contributed by atoms with Crippen LogP contribution in [0.2, 0.25) is 0 Å². The first kappa shape index (κ1) is 19.6. The van der Waals surface area contributed by atoms with Gasteiger partial charge in [0.05, 0.1) is 18.3 Å².